The van der Waals surface area contributed by atoms with Crippen LogP contribution in [0, 0.1) is 5.82 Å². The van der Waals surface area contributed by atoms with Gasteiger partial charge in [0.2, 0.25) is 5.91 Å². The first kappa shape index (κ1) is 16.4. The molecule has 1 aromatic carbocycles. The van der Waals surface area contributed by atoms with Crippen molar-refractivity contribution in [3.05, 3.63) is 29.6 Å². The molecule has 0 aliphatic heterocycles. The maximum atomic E-state index is 13.8. The highest BCUT2D eigenvalue weighted by Gasteiger charge is 2.09. The van der Waals surface area contributed by atoms with E-state index in [1.165, 1.54) is 6.07 Å². The number of rotatable bonds is 9. The number of para-hydroxylation sites is 1. The first-order valence-electron chi connectivity index (χ1n) is 7.00. The number of benzene rings is 1. The zero-order valence-electron chi connectivity index (χ0n) is 12.2. The van der Waals surface area contributed by atoms with Crippen LogP contribution in [0.4, 0.5) is 4.39 Å². The molecule has 0 spiro atoms. The first-order valence-corrected chi connectivity index (χ1v) is 7.00. The summed E-state index contributed by atoms with van der Waals surface area (Å²) >= 11 is 0. The Morgan fingerprint density at radius 2 is 2.20 bits per heavy atom. The molecule has 0 bridgehead atoms. The topological polar surface area (TPSA) is 50.4 Å². The molecule has 1 amide bonds. The maximum absolute atomic E-state index is 13.8. The Bertz CT molecular complexity index is 424. The van der Waals surface area contributed by atoms with Gasteiger partial charge in [0.15, 0.2) is 11.6 Å². The van der Waals surface area contributed by atoms with Crippen molar-refractivity contribution < 1.29 is 13.9 Å². The maximum Gasteiger partial charge on any atom is 0.219 e. The van der Waals surface area contributed by atoms with Gasteiger partial charge in [-0.05, 0) is 25.5 Å². The van der Waals surface area contributed by atoms with Gasteiger partial charge in [0.05, 0.1) is 6.61 Å². The lowest BCUT2D eigenvalue weighted by molar-refractivity contribution is -0.120. The van der Waals surface area contributed by atoms with Crippen LogP contribution in [0.1, 0.15) is 31.7 Å². The summed E-state index contributed by atoms with van der Waals surface area (Å²) in [5.41, 5.74) is 0.804. The SMILES string of the molecule is CCCNCc1cccc(F)c1OCCCC(=O)NC. The summed E-state index contributed by atoms with van der Waals surface area (Å²) in [5.74, 6) is -0.110. The van der Waals surface area contributed by atoms with E-state index in [0.29, 0.717) is 26.0 Å². The summed E-state index contributed by atoms with van der Waals surface area (Å²) in [6.45, 7) is 3.87. The fourth-order valence-electron chi connectivity index (χ4n) is 1.79. The van der Waals surface area contributed by atoms with E-state index < -0.39 is 0 Å². The van der Waals surface area contributed by atoms with Crippen LogP contribution in [0.15, 0.2) is 18.2 Å². The number of carbonyl (C=O) groups excluding carboxylic acids is 1. The Morgan fingerprint density at radius 3 is 2.90 bits per heavy atom. The van der Waals surface area contributed by atoms with Gasteiger partial charge in [-0.3, -0.25) is 4.79 Å². The number of hydrogen-bond acceptors (Lipinski definition) is 3. The largest absolute Gasteiger partial charge is 0.490 e. The van der Waals surface area contributed by atoms with E-state index in [4.69, 9.17) is 4.74 Å². The lowest BCUT2D eigenvalue weighted by atomic mass is 10.2. The molecule has 2 N–H and O–H groups in total. The fourth-order valence-corrected chi connectivity index (χ4v) is 1.79. The van der Waals surface area contributed by atoms with E-state index in [-0.39, 0.29) is 17.5 Å². The van der Waals surface area contributed by atoms with Crippen molar-refractivity contribution >= 4 is 5.91 Å². The van der Waals surface area contributed by atoms with Crippen molar-refractivity contribution in [1.29, 1.82) is 0 Å². The zero-order chi connectivity index (χ0) is 14.8. The number of halogens is 1. The molecule has 4 nitrogen and oxygen atoms in total. The smallest absolute Gasteiger partial charge is 0.219 e. The Morgan fingerprint density at radius 1 is 1.40 bits per heavy atom. The second-order valence-electron chi connectivity index (χ2n) is 4.53. The van der Waals surface area contributed by atoms with Crippen LogP contribution in [0.2, 0.25) is 0 Å². The van der Waals surface area contributed by atoms with Gasteiger partial charge in [0.25, 0.3) is 0 Å². The van der Waals surface area contributed by atoms with E-state index >= 15 is 0 Å². The molecule has 0 saturated carbocycles. The molecule has 0 aliphatic rings. The highest BCUT2D eigenvalue weighted by Crippen LogP contribution is 2.22. The minimum Gasteiger partial charge on any atom is -0.490 e. The molecule has 20 heavy (non-hydrogen) atoms. The Labute approximate surface area is 119 Å². The normalized spacial score (nSPS) is 10.3. The van der Waals surface area contributed by atoms with Crippen molar-refractivity contribution in [3.8, 4) is 5.75 Å². The van der Waals surface area contributed by atoms with Gasteiger partial charge in [-0.25, -0.2) is 4.39 Å². The third-order valence-electron chi connectivity index (χ3n) is 2.86. The van der Waals surface area contributed by atoms with Crippen LogP contribution >= 0.6 is 0 Å². The summed E-state index contributed by atoms with van der Waals surface area (Å²) in [6, 6.07) is 4.91. The highest BCUT2D eigenvalue weighted by atomic mass is 19.1. The average Bonchev–Trinajstić information content (AvgIpc) is 2.45. The first-order chi connectivity index (χ1) is 9.69. The lowest BCUT2D eigenvalue weighted by Gasteiger charge is -2.12. The molecule has 0 saturated heterocycles. The summed E-state index contributed by atoms with van der Waals surface area (Å²) in [7, 11) is 1.59. The number of amides is 1. The van der Waals surface area contributed by atoms with Gasteiger partial charge in [-0.15, -0.1) is 0 Å². The number of nitrogens with one attached hydrogen (secondary N) is 2. The molecule has 0 unspecified atom stereocenters. The molecule has 112 valence electrons. The van der Waals surface area contributed by atoms with Crippen molar-refractivity contribution in [2.45, 2.75) is 32.7 Å². The van der Waals surface area contributed by atoms with Gasteiger partial charge in [0.1, 0.15) is 0 Å². The van der Waals surface area contributed by atoms with E-state index in [1.807, 2.05) is 6.07 Å². The third kappa shape index (κ3) is 5.57. The van der Waals surface area contributed by atoms with Crippen LogP contribution in [-0.2, 0) is 11.3 Å². The predicted octanol–water partition coefficient (Wildman–Crippen LogP) is 2.23. The van der Waals surface area contributed by atoms with Gasteiger partial charge >= 0.3 is 0 Å². The van der Waals surface area contributed by atoms with Crippen LogP contribution in [0.25, 0.3) is 0 Å². The molecule has 1 aromatic rings. The zero-order valence-corrected chi connectivity index (χ0v) is 12.2. The van der Waals surface area contributed by atoms with Crippen LogP contribution in [-0.4, -0.2) is 26.1 Å². The van der Waals surface area contributed by atoms with E-state index in [9.17, 15) is 9.18 Å². The molecule has 0 atom stereocenters. The highest BCUT2D eigenvalue weighted by molar-refractivity contribution is 5.75. The summed E-state index contributed by atoms with van der Waals surface area (Å²) < 4.78 is 19.3. The van der Waals surface area contributed by atoms with Gasteiger partial charge in [-0.1, -0.05) is 19.1 Å². The molecule has 0 aromatic heterocycles. The number of hydrogen-bond donors (Lipinski definition) is 2. The summed E-state index contributed by atoms with van der Waals surface area (Å²) in [5, 5.41) is 5.77. The number of ether oxygens (including phenoxy) is 1. The lowest BCUT2D eigenvalue weighted by Crippen LogP contribution is -2.18. The minimum atomic E-state index is -0.360. The predicted molar refractivity (Wildman–Crippen MR) is 77.2 cm³/mol. The molecule has 0 aliphatic carbocycles. The molecule has 0 fully saturated rings. The third-order valence-corrected chi connectivity index (χ3v) is 2.86. The van der Waals surface area contributed by atoms with Crippen molar-refractivity contribution in [2.24, 2.45) is 0 Å². The molecule has 0 heterocycles. The van der Waals surface area contributed by atoms with Crippen LogP contribution < -0.4 is 15.4 Å². The minimum absolute atomic E-state index is 0.0352. The average molecular weight is 282 g/mol. The van der Waals surface area contributed by atoms with Crippen molar-refractivity contribution in [2.75, 3.05) is 20.2 Å². The van der Waals surface area contributed by atoms with Gasteiger partial charge < -0.3 is 15.4 Å². The van der Waals surface area contributed by atoms with E-state index in [2.05, 4.69) is 17.6 Å². The van der Waals surface area contributed by atoms with E-state index in [0.717, 1.165) is 18.5 Å². The second kappa shape index (κ2) is 9.31. The summed E-state index contributed by atoms with van der Waals surface area (Å²) in [4.78, 5) is 11.1. The standard InChI is InChI=1S/C15H23FN2O2/c1-3-9-18-11-12-6-4-7-13(16)15(12)20-10-5-8-14(19)17-2/h4,6-7,18H,3,5,8-11H2,1-2H3,(H,17,19). The summed E-state index contributed by atoms with van der Waals surface area (Å²) in [6.07, 6.45) is 1.97. The monoisotopic (exact) mass is 282 g/mol. The Kier molecular flexibility index (Phi) is 7.65. The van der Waals surface area contributed by atoms with Gasteiger partial charge in [-0.2, -0.15) is 0 Å². The quantitative estimate of drug-likeness (QED) is 0.683. The van der Waals surface area contributed by atoms with E-state index in [1.54, 1.807) is 13.1 Å². The second-order valence-corrected chi connectivity index (χ2v) is 4.53. The molecular formula is C15H23FN2O2. The Hall–Kier alpha value is -1.62. The Balaban J connectivity index is 2.51. The molecule has 5 heteroatoms. The fraction of sp³-hybridized carbons (Fsp3) is 0.533. The molecular weight excluding hydrogens is 259 g/mol. The van der Waals surface area contributed by atoms with Gasteiger partial charge in [0, 0.05) is 25.6 Å². The van der Waals surface area contributed by atoms with Crippen molar-refractivity contribution in [1.82, 2.24) is 10.6 Å². The van der Waals surface area contributed by atoms with Crippen molar-refractivity contribution in [3.63, 3.8) is 0 Å². The number of carbonyl (C=O) groups is 1. The molecule has 0 radical (unpaired) electrons. The molecule has 1 rings (SSSR count). The van der Waals surface area contributed by atoms with Crippen LogP contribution in [0.3, 0.4) is 0 Å². The van der Waals surface area contributed by atoms with Crippen LogP contribution in [0.5, 0.6) is 5.75 Å².